The number of H-pyrrole nitrogens is 1. The van der Waals surface area contributed by atoms with Gasteiger partial charge >= 0.3 is 0 Å². The largest absolute Gasteiger partial charge is 0.278 e. The van der Waals surface area contributed by atoms with Crippen molar-refractivity contribution in [2.45, 2.75) is 6.92 Å². The van der Waals surface area contributed by atoms with Crippen molar-refractivity contribution >= 4 is 11.3 Å². The number of aryl methyl sites for hydroxylation is 1. The van der Waals surface area contributed by atoms with Crippen molar-refractivity contribution in [3.05, 3.63) is 28.6 Å². The molecule has 0 aromatic carbocycles. The molecule has 11 heavy (non-hydrogen) atoms. The van der Waals surface area contributed by atoms with Crippen molar-refractivity contribution < 1.29 is 0 Å². The molecule has 0 fully saturated rings. The minimum absolute atomic E-state index is 1.09. The molecule has 3 heteroatoms. The Morgan fingerprint density at radius 2 is 2.45 bits per heavy atom. The zero-order valence-electron chi connectivity index (χ0n) is 6.16. The Hall–Kier alpha value is -1.09. The predicted molar refractivity (Wildman–Crippen MR) is 46.6 cm³/mol. The van der Waals surface area contributed by atoms with Crippen LogP contribution in [0.2, 0.25) is 0 Å². The first-order valence-corrected chi connectivity index (χ1v) is 4.29. The van der Waals surface area contributed by atoms with Crippen molar-refractivity contribution in [2.75, 3.05) is 0 Å². The molecule has 2 heterocycles. The normalized spacial score (nSPS) is 10.3. The molecule has 0 spiro atoms. The van der Waals surface area contributed by atoms with Crippen molar-refractivity contribution in [1.82, 2.24) is 10.2 Å². The van der Waals surface area contributed by atoms with Gasteiger partial charge in [-0.3, -0.25) is 5.10 Å². The quantitative estimate of drug-likeness (QED) is 0.689. The maximum absolute atomic E-state index is 3.89. The first-order chi connectivity index (χ1) is 5.36. The van der Waals surface area contributed by atoms with Gasteiger partial charge in [0.25, 0.3) is 0 Å². The summed E-state index contributed by atoms with van der Waals surface area (Å²) in [6.07, 6.45) is 1.77. The molecular formula is C8H8N2S. The molecule has 2 aromatic rings. The van der Waals surface area contributed by atoms with Crippen LogP contribution < -0.4 is 0 Å². The summed E-state index contributed by atoms with van der Waals surface area (Å²) in [4.78, 5) is 1.33. The molecular weight excluding hydrogens is 156 g/mol. The van der Waals surface area contributed by atoms with Crippen LogP contribution in [0, 0.1) is 6.92 Å². The van der Waals surface area contributed by atoms with E-state index in [1.165, 1.54) is 10.4 Å². The van der Waals surface area contributed by atoms with E-state index >= 15 is 0 Å². The molecule has 0 bridgehead atoms. The zero-order chi connectivity index (χ0) is 7.68. The van der Waals surface area contributed by atoms with E-state index in [2.05, 4.69) is 28.6 Å². The maximum Gasteiger partial charge on any atom is 0.0658 e. The van der Waals surface area contributed by atoms with Gasteiger partial charge in [0.2, 0.25) is 0 Å². The highest BCUT2D eigenvalue weighted by atomic mass is 32.1. The Morgan fingerprint density at radius 1 is 1.55 bits per heavy atom. The highest BCUT2D eigenvalue weighted by molar-refractivity contribution is 7.10. The molecule has 2 nitrogen and oxygen atoms in total. The van der Waals surface area contributed by atoms with E-state index in [0.29, 0.717) is 0 Å². The Kier molecular flexibility index (Phi) is 1.51. The Labute approximate surface area is 68.9 Å². The van der Waals surface area contributed by atoms with Crippen LogP contribution in [0.15, 0.2) is 23.7 Å². The Balaban J connectivity index is 2.45. The molecule has 0 unspecified atom stereocenters. The van der Waals surface area contributed by atoms with E-state index in [1.807, 2.05) is 6.07 Å². The van der Waals surface area contributed by atoms with Gasteiger partial charge in [-0.15, -0.1) is 11.3 Å². The molecule has 0 atom stereocenters. The van der Waals surface area contributed by atoms with Crippen LogP contribution in [0.4, 0.5) is 0 Å². The number of thiophene rings is 1. The van der Waals surface area contributed by atoms with Gasteiger partial charge < -0.3 is 0 Å². The van der Waals surface area contributed by atoms with Crippen LogP contribution in [-0.4, -0.2) is 10.2 Å². The van der Waals surface area contributed by atoms with Crippen LogP contribution in [0.3, 0.4) is 0 Å². The molecule has 0 aliphatic heterocycles. The second-order valence-electron chi connectivity index (χ2n) is 2.42. The molecule has 0 aliphatic carbocycles. The molecule has 0 radical (unpaired) electrons. The molecule has 0 amide bonds. The van der Waals surface area contributed by atoms with E-state index < -0.39 is 0 Å². The molecule has 2 rings (SSSR count). The van der Waals surface area contributed by atoms with Gasteiger partial charge in [0.15, 0.2) is 0 Å². The monoisotopic (exact) mass is 164 g/mol. The molecule has 0 aliphatic rings. The zero-order valence-corrected chi connectivity index (χ0v) is 6.98. The third kappa shape index (κ3) is 1.19. The summed E-state index contributed by atoms with van der Waals surface area (Å²) >= 11 is 1.75. The number of aromatic nitrogens is 2. The fourth-order valence-electron chi connectivity index (χ4n) is 1.00. The fourth-order valence-corrected chi connectivity index (χ4v) is 1.70. The van der Waals surface area contributed by atoms with Crippen LogP contribution in [0.1, 0.15) is 4.88 Å². The van der Waals surface area contributed by atoms with Crippen LogP contribution in [-0.2, 0) is 0 Å². The standard InChI is InChI=1S/C8H8N2S/c1-6-4-7(5-11-6)8-2-3-9-10-8/h2-5H,1H3,(H,9,10). The topological polar surface area (TPSA) is 28.7 Å². The molecule has 2 aromatic heterocycles. The van der Waals surface area contributed by atoms with Crippen LogP contribution in [0.5, 0.6) is 0 Å². The predicted octanol–water partition coefficient (Wildman–Crippen LogP) is 2.45. The van der Waals surface area contributed by atoms with E-state index in [9.17, 15) is 0 Å². The van der Waals surface area contributed by atoms with Gasteiger partial charge in [0, 0.05) is 22.0 Å². The van der Waals surface area contributed by atoms with E-state index in [-0.39, 0.29) is 0 Å². The first kappa shape index (κ1) is 6.61. The lowest BCUT2D eigenvalue weighted by atomic mass is 10.2. The van der Waals surface area contributed by atoms with Gasteiger partial charge in [-0.25, -0.2) is 0 Å². The third-order valence-corrected chi connectivity index (χ3v) is 2.40. The summed E-state index contributed by atoms with van der Waals surface area (Å²) < 4.78 is 0. The number of nitrogens with one attached hydrogen (secondary N) is 1. The number of aromatic amines is 1. The fraction of sp³-hybridized carbons (Fsp3) is 0.125. The Morgan fingerprint density at radius 3 is 3.00 bits per heavy atom. The van der Waals surface area contributed by atoms with E-state index in [0.717, 1.165) is 5.69 Å². The number of rotatable bonds is 1. The van der Waals surface area contributed by atoms with Crippen molar-refractivity contribution in [1.29, 1.82) is 0 Å². The summed E-state index contributed by atoms with van der Waals surface area (Å²) in [6, 6.07) is 4.12. The minimum Gasteiger partial charge on any atom is -0.278 e. The lowest BCUT2D eigenvalue weighted by molar-refractivity contribution is 1.10. The molecule has 0 saturated heterocycles. The summed E-state index contributed by atoms with van der Waals surface area (Å²) in [5, 5.41) is 8.94. The SMILES string of the molecule is Cc1cc(-c2ccn[nH]2)cs1. The minimum atomic E-state index is 1.09. The van der Waals surface area contributed by atoms with Crippen LogP contribution >= 0.6 is 11.3 Å². The average Bonchev–Trinajstić information content (AvgIpc) is 2.55. The average molecular weight is 164 g/mol. The van der Waals surface area contributed by atoms with Gasteiger partial charge in [-0.2, -0.15) is 5.10 Å². The second kappa shape index (κ2) is 2.51. The second-order valence-corrected chi connectivity index (χ2v) is 3.53. The lowest BCUT2D eigenvalue weighted by Gasteiger charge is -1.86. The van der Waals surface area contributed by atoms with Gasteiger partial charge in [0.1, 0.15) is 0 Å². The highest BCUT2D eigenvalue weighted by Gasteiger charge is 1.99. The van der Waals surface area contributed by atoms with Crippen molar-refractivity contribution in [3.63, 3.8) is 0 Å². The van der Waals surface area contributed by atoms with Crippen LogP contribution in [0.25, 0.3) is 11.3 Å². The third-order valence-electron chi connectivity index (χ3n) is 1.54. The summed E-state index contributed by atoms with van der Waals surface area (Å²) in [5.41, 5.74) is 2.32. The van der Waals surface area contributed by atoms with Gasteiger partial charge in [0.05, 0.1) is 5.69 Å². The molecule has 1 N–H and O–H groups in total. The van der Waals surface area contributed by atoms with Crippen molar-refractivity contribution in [2.24, 2.45) is 0 Å². The summed E-state index contributed by atoms with van der Waals surface area (Å²) in [5.74, 6) is 0. The summed E-state index contributed by atoms with van der Waals surface area (Å²) in [7, 11) is 0. The van der Waals surface area contributed by atoms with E-state index in [4.69, 9.17) is 0 Å². The van der Waals surface area contributed by atoms with Gasteiger partial charge in [-0.05, 0) is 19.1 Å². The van der Waals surface area contributed by atoms with Crippen molar-refractivity contribution in [3.8, 4) is 11.3 Å². The molecule has 56 valence electrons. The number of nitrogens with zero attached hydrogens (tertiary/aromatic N) is 1. The van der Waals surface area contributed by atoms with Gasteiger partial charge in [-0.1, -0.05) is 0 Å². The maximum atomic E-state index is 3.89. The smallest absolute Gasteiger partial charge is 0.0658 e. The Bertz CT molecular complexity index is 335. The lowest BCUT2D eigenvalue weighted by Crippen LogP contribution is -1.71. The van der Waals surface area contributed by atoms with E-state index in [1.54, 1.807) is 17.5 Å². The first-order valence-electron chi connectivity index (χ1n) is 3.41. The molecule has 0 saturated carbocycles. The number of hydrogen-bond donors (Lipinski definition) is 1. The number of hydrogen-bond acceptors (Lipinski definition) is 2. The summed E-state index contributed by atoms with van der Waals surface area (Å²) in [6.45, 7) is 2.10. The highest BCUT2D eigenvalue weighted by Crippen LogP contribution is 2.22.